The molecule has 0 aromatic carbocycles. The molecule has 0 radical (unpaired) electrons. The normalized spacial score (nSPS) is 35.3. The van der Waals surface area contributed by atoms with Crippen LogP contribution in [0.15, 0.2) is 142 Å². The Labute approximate surface area is 264 Å². The van der Waals surface area contributed by atoms with Gasteiger partial charge in [0, 0.05) is 35.0 Å². The van der Waals surface area contributed by atoms with Crippen LogP contribution in [-0.4, -0.2) is 27.9 Å². The fraction of sp³-hybridized carbons (Fsp3) is 0.429. The van der Waals surface area contributed by atoms with Gasteiger partial charge in [-0.05, 0) is 111 Å². The summed E-state index contributed by atoms with van der Waals surface area (Å²) in [5.74, 6) is 1.70. The quantitative estimate of drug-likeness (QED) is 0.306. The lowest BCUT2D eigenvalue weighted by Gasteiger charge is -2.45. The average molecular weight is 579 g/mol. The van der Waals surface area contributed by atoms with Gasteiger partial charge in [-0.1, -0.05) is 96.7 Å². The van der Waals surface area contributed by atoms with Crippen LogP contribution in [0, 0.1) is 17.8 Å². The minimum absolute atomic E-state index is 0.376. The Hall–Kier alpha value is -3.52. The summed E-state index contributed by atoms with van der Waals surface area (Å²) in [6.45, 7) is 0. The van der Waals surface area contributed by atoms with E-state index in [1.54, 1.807) is 33.8 Å². The molecule has 0 saturated heterocycles. The van der Waals surface area contributed by atoms with Crippen LogP contribution in [0.2, 0.25) is 0 Å². The molecule has 0 amide bonds. The molecule has 0 saturated carbocycles. The van der Waals surface area contributed by atoms with Crippen molar-refractivity contribution in [2.45, 2.75) is 95.2 Å². The van der Waals surface area contributed by atoms with E-state index >= 15 is 0 Å². The third kappa shape index (κ3) is 4.35. The van der Waals surface area contributed by atoms with Crippen molar-refractivity contribution >= 4 is 0 Å². The predicted molar refractivity (Wildman–Crippen MR) is 182 cm³/mol. The Morgan fingerprint density at radius 2 is 1.64 bits per heavy atom. The molecule has 2 nitrogen and oxygen atoms in total. The van der Waals surface area contributed by atoms with Gasteiger partial charge in [-0.2, -0.15) is 0 Å². The Morgan fingerprint density at radius 3 is 2.50 bits per heavy atom. The van der Waals surface area contributed by atoms with Crippen molar-refractivity contribution in [3.05, 3.63) is 142 Å². The van der Waals surface area contributed by atoms with Gasteiger partial charge in [-0.25, -0.2) is 0 Å². The molecule has 44 heavy (non-hydrogen) atoms. The van der Waals surface area contributed by atoms with Gasteiger partial charge in [0.25, 0.3) is 0 Å². The van der Waals surface area contributed by atoms with Crippen LogP contribution in [0.3, 0.4) is 0 Å². The van der Waals surface area contributed by atoms with E-state index in [1.807, 2.05) is 0 Å². The summed E-state index contributed by atoms with van der Waals surface area (Å²) in [6.07, 6.45) is 53.8. The molecule has 0 fully saturated rings. The van der Waals surface area contributed by atoms with E-state index in [-0.39, 0.29) is 0 Å². The molecule has 7 aliphatic carbocycles. The molecule has 2 aliphatic heterocycles. The molecular formula is C42H46N2. The van der Waals surface area contributed by atoms with E-state index in [4.69, 9.17) is 0 Å². The van der Waals surface area contributed by atoms with Crippen molar-refractivity contribution in [3.8, 4) is 0 Å². The van der Waals surface area contributed by atoms with E-state index < -0.39 is 0 Å². The van der Waals surface area contributed by atoms with Gasteiger partial charge in [0.05, 0.1) is 12.1 Å². The Morgan fingerprint density at radius 1 is 0.682 bits per heavy atom. The molecule has 2 heterocycles. The Kier molecular flexibility index (Phi) is 6.79. The van der Waals surface area contributed by atoms with Crippen LogP contribution in [-0.2, 0) is 0 Å². The van der Waals surface area contributed by atoms with E-state index in [1.165, 1.54) is 75.4 Å². The molecule has 9 rings (SSSR count). The number of hydrogen-bond donors (Lipinski definition) is 0. The first kappa shape index (κ1) is 26.8. The van der Waals surface area contributed by atoms with Crippen LogP contribution >= 0.6 is 0 Å². The summed E-state index contributed by atoms with van der Waals surface area (Å²) in [5, 5.41) is 0. The van der Waals surface area contributed by atoms with E-state index in [0.29, 0.717) is 30.0 Å². The van der Waals surface area contributed by atoms with Crippen LogP contribution in [0.4, 0.5) is 0 Å². The Balaban J connectivity index is 1.11. The standard InChI is InChI=1S/C42H46N2/c1-3-12-29(13-4-1)31-22-24-33(25-23-31)43-39-20-9-7-18-35(39)37-26-27-38-36-19-8-10-21-40(36)44(42(38)41(37)43)34-17-11-16-32(28-34)30-14-5-2-6-15-30/h1,3,5,7-8,11,14-19,22,24,26-27,29,34-35,38-39,42H,2,4,6,9-10,12-13,20-21,23,25,28H2. The number of hydrogen-bond acceptors (Lipinski definition) is 2. The molecule has 0 spiro atoms. The first-order valence-electron chi connectivity index (χ1n) is 17.7. The molecule has 0 bridgehead atoms. The smallest absolute Gasteiger partial charge is 0.0804 e. The number of nitrogens with zero attached hydrogens (tertiary/aromatic N) is 2. The summed E-state index contributed by atoms with van der Waals surface area (Å²) >= 11 is 0. The van der Waals surface area contributed by atoms with Gasteiger partial charge >= 0.3 is 0 Å². The highest BCUT2D eigenvalue weighted by Gasteiger charge is 2.52. The lowest BCUT2D eigenvalue weighted by molar-refractivity contribution is 0.184. The minimum Gasteiger partial charge on any atom is -0.358 e. The van der Waals surface area contributed by atoms with Crippen LogP contribution in [0.25, 0.3) is 0 Å². The zero-order chi connectivity index (χ0) is 29.0. The molecule has 6 unspecified atom stereocenters. The second kappa shape index (κ2) is 11.1. The summed E-state index contributed by atoms with van der Waals surface area (Å²) in [5.41, 5.74) is 12.6. The van der Waals surface area contributed by atoms with E-state index in [9.17, 15) is 0 Å². The molecule has 0 aromatic rings. The minimum atomic E-state index is 0.376. The molecular weight excluding hydrogens is 532 g/mol. The molecule has 0 N–H and O–H groups in total. The van der Waals surface area contributed by atoms with E-state index in [2.05, 4.69) is 107 Å². The number of allylic oxidation sites excluding steroid dienone is 17. The molecule has 9 aliphatic rings. The Bertz CT molecular complexity index is 1610. The highest BCUT2D eigenvalue weighted by molar-refractivity contribution is 5.55. The largest absolute Gasteiger partial charge is 0.358 e. The lowest BCUT2D eigenvalue weighted by Crippen LogP contribution is -2.47. The zero-order valence-corrected chi connectivity index (χ0v) is 26.1. The third-order valence-electron chi connectivity index (χ3n) is 11.9. The fourth-order valence-electron chi connectivity index (χ4n) is 9.90. The molecule has 0 aromatic heterocycles. The maximum Gasteiger partial charge on any atom is 0.0804 e. The van der Waals surface area contributed by atoms with Gasteiger partial charge in [0.1, 0.15) is 0 Å². The maximum atomic E-state index is 2.92. The topological polar surface area (TPSA) is 6.48 Å². The first-order valence-corrected chi connectivity index (χ1v) is 17.7. The average Bonchev–Trinajstić information content (AvgIpc) is 3.62. The van der Waals surface area contributed by atoms with Gasteiger partial charge in [0.2, 0.25) is 0 Å². The SMILES string of the molecule is C1=CC(N2C3=C(C=CCC3)C3C=CC4=C(C32)N(C2=CC=C(C3CC=CCC3)CC2)C2CCC=CC42)CC(C2=CCCC=C2)=C1. The van der Waals surface area contributed by atoms with Gasteiger partial charge in [-0.15, -0.1) is 0 Å². The van der Waals surface area contributed by atoms with Crippen LogP contribution in [0.5, 0.6) is 0 Å². The van der Waals surface area contributed by atoms with E-state index in [0.717, 1.165) is 18.8 Å². The highest BCUT2D eigenvalue weighted by Crippen LogP contribution is 2.55. The monoisotopic (exact) mass is 578 g/mol. The van der Waals surface area contributed by atoms with Crippen molar-refractivity contribution in [2.24, 2.45) is 17.8 Å². The summed E-state index contributed by atoms with van der Waals surface area (Å²) in [7, 11) is 0. The zero-order valence-electron chi connectivity index (χ0n) is 26.1. The van der Waals surface area contributed by atoms with Crippen molar-refractivity contribution in [1.29, 1.82) is 0 Å². The maximum absolute atomic E-state index is 2.92. The summed E-state index contributed by atoms with van der Waals surface area (Å²) in [4.78, 5) is 5.83. The second-order valence-corrected chi connectivity index (χ2v) is 14.3. The lowest BCUT2D eigenvalue weighted by atomic mass is 9.80. The number of fused-ring (bicyclic) bond motifs is 5. The van der Waals surface area contributed by atoms with Crippen molar-refractivity contribution < 1.29 is 0 Å². The third-order valence-corrected chi connectivity index (χ3v) is 11.9. The fourth-order valence-corrected chi connectivity index (χ4v) is 9.90. The van der Waals surface area contributed by atoms with Gasteiger partial charge in [-0.3, -0.25) is 0 Å². The highest BCUT2D eigenvalue weighted by atomic mass is 15.3. The molecule has 224 valence electrons. The first-order chi connectivity index (χ1) is 21.8. The molecule has 6 atom stereocenters. The van der Waals surface area contributed by atoms with Crippen molar-refractivity contribution in [1.82, 2.24) is 9.80 Å². The number of rotatable bonds is 4. The summed E-state index contributed by atoms with van der Waals surface area (Å²) in [6, 6.07) is 1.32. The van der Waals surface area contributed by atoms with Crippen LogP contribution in [0.1, 0.15) is 77.0 Å². The molecule has 2 heteroatoms. The second-order valence-electron chi connectivity index (χ2n) is 14.3. The van der Waals surface area contributed by atoms with Crippen molar-refractivity contribution in [3.63, 3.8) is 0 Å². The van der Waals surface area contributed by atoms with Gasteiger partial charge in [0.15, 0.2) is 0 Å². The van der Waals surface area contributed by atoms with Crippen molar-refractivity contribution in [2.75, 3.05) is 0 Å². The summed E-state index contributed by atoms with van der Waals surface area (Å²) < 4.78 is 0. The van der Waals surface area contributed by atoms with Crippen LogP contribution < -0.4 is 0 Å². The predicted octanol–water partition coefficient (Wildman–Crippen LogP) is 9.86. The van der Waals surface area contributed by atoms with Gasteiger partial charge < -0.3 is 9.80 Å².